The lowest BCUT2D eigenvalue weighted by Gasteiger charge is -2.10. The fraction of sp³-hybridized carbons (Fsp3) is 0.217. The third-order valence-electron chi connectivity index (χ3n) is 4.40. The zero-order valence-corrected chi connectivity index (χ0v) is 21.8. The highest BCUT2D eigenvalue weighted by molar-refractivity contribution is 9.10. The van der Waals surface area contributed by atoms with Crippen molar-refractivity contribution in [3.63, 3.8) is 0 Å². The third-order valence-corrected chi connectivity index (χ3v) is 7.19. The molecule has 34 heavy (non-hydrogen) atoms. The zero-order valence-electron chi connectivity index (χ0n) is 18.6. The number of benzene rings is 2. The van der Waals surface area contributed by atoms with Crippen LogP contribution in [0.3, 0.4) is 0 Å². The molecule has 0 atom stereocenters. The summed E-state index contributed by atoms with van der Waals surface area (Å²) in [4.78, 5) is 24.4. The van der Waals surface area contributed by atoms with Gasteiger partial charge in [-0.05, 0) is 46.1 Å². The first-order chi connectivity index (χ1) is 16.1. The van der Waals surface area contributed by atoms with Gasteiger partial charge in [-0.1, -0.05) is 36.4 Å². The van der Waals surface area contributed by atoms with Crippen LogP contribution in [0.2, 0.25) is 0 Å². The van der Waals surface area contributed by atoms with Crippen molar-refractivity contribution in [2.75, 3.05) is 31.3 Å². The maximum atomic E-state index is 12.2. The van der Waals surface area contributed by atoms with Gasteiger partial charge in [0.05, 0.1) is 35.0 Å². The number of para-hydroxylation sites is 1. The Labute approximate surface area is 210 Å². The van der Waals surface area contributed by atoms with E-state index in [1.807, 2.05) is 0 Å². The Morgan fingerprint density at radius 2 is 1.76 bits per heavy atom. The van der Waals surface area contributed by atoms with Crippen LogP contribution in [0.25, 0.3) is 21.6 Å². The van der Waals surface area contributed by atoms with Crippen LogP contribution in [0.4, 0.5) is 5.69 Å². The van der Waals surface area contributed by atoms with Crippen molar-refractivity contribution in [2.45, 2.75) is 6.92 Å². The number of esters is 2. The number of hydrogen-bond acceptors (Lipinski definition) is 8. The van der Waals surface area contributed by atoms with Crippen LogP contribution in [0.1, 0.15) is 16.6 Å². The summed E-state index contributed by atoms with van der Waals surface area (Å²) in [6.45, 7) is 1.48. The van der Waals surface area contributed by atoms with E-state index in [0.717, 1.165) is 17.6 Å². The Kier molecular flexibility index (Phi) is 8.34. The largest absolute Gasteiger partial charge is 0.479 e. The highest BCUT2D eigenvalue weighted by atomic mass is 79.9. The molecule has 8 nitrogen and oxygen atoms in total. The molecule has 0 unspecified atom stereocenters. The quantitative estimate of drug-likeness (QED) is 0.300. The molecule has 2 aliphatic rings. The van der Waals surface area contributed by atoms with Crippen molar-refractivity contribution in [1.82, 2.24) is 0 Å². The second kappa shape index (κ2) is 11.0. The Morgan fingerprint density at radius 3 is 2.29 bits per heavy atom. The van der Waals surface area contributed by atoms with E-state index in [4.69, 9.17) is 14.2 Å². The van der Waals surface area contributed by atoms with Crippen LogP contribution in [-0.4, -0.2) is 46.9 Å². The Balaban J connectivity index is 0.000000457. The SMILES string of the molecule is CCOC(=O)COc1c(C(=O)OC)sc(-c2ccccc2NS(C)(=O)=O)c1Br.c1cc2cc-2c1. The maximum absolute atomic E-state index is 12.2. The fourth-order valence-electron chi connectivity index (χ4n) is 2.90. The molecule has 0 radical (unpaired) electrons. The first-order valence-corrected chi connectivity index (χ1v) is 13.5. The zero-order chi connectivity index (χ0) is 24.9. The molecule has 0 fully saturated rings. The molecule has 0 saturated heterocycles. The number of fused-ring (bicyclic) bond motifs is 1. The van der Waals surface area contributed by atoms with E-state index in [0.29, 0.717) is 20.6 Å². The predicted molar refractivity (Wildman–Crippen MR) is 135 cm³/mol. The number of nitrogens with one attached hydrogen (secondary N) is 1. The van der Waals surface area contributed by atoms with Crippen molar-refractivity contribution in [3.8, 4) is 27.3 Å². The summed E-state index contributed by atoms with van der Waals surface area (Å²) in [5, 5.41) is 0. The number of methoxy groups -OCH3 is 1. The lowest BCUT2D eigenvalue weighted by molar-refractivity contribution is -0.145. The number of carbonyl (C=O) groups excluding carboxylic acids is 2. The van der Waals surface area contributed by atoms with Crippen LogP contribution in [0, 0.1) is 0 Å². The summed E-state index contributed by atoms with van der Waals surface area (Å²) in [6.07, 6.45) is 1.04. The van der Waals surface area contributed by atoms with E-state index in [1.165, 1.54) is 18.2 Å². The summed E-state index contributed by atoms with van der Waals surface area (Å²) in [6, 6.07) is 15.2. The predicted octanol–water partition coefficient (Wildman–Crippen LogP) is 4.94. The first-order valence-electron chi connectivity index (χ1n) is 10.0. The molecule has 180 valence electrons. The number of thiophene rings is 1. The van der Waals surface area contributed by atoms with Crippen molar-refractivity contribution < 1.29 is 32.2 Å². The van der Waals surface area contributed by atoms with Crippen molar-refractivity contribution in [3.05, 3.63) is 57.9 Å². The third kappa shape index (κ3) is 6.58. The minimum absolute atomic E-state index is 0.120. The number of ether oxygens (including phenoxy) is 3. The highest BCUT2D eigenvalue weighted by Crippen LogP contribution is 2.47. The normalized spacial score (nSPS) is 11.1. The number of hydrogen-bond donors (Lipinski definition) is 1. The van der Waals surface area contributed by atoms with Crippen molar-refractivity contribution in [2.24, 2.45) is 0 Å². The van der Waals surface area contributed by atoms with Gasteiger partial charge in [0.25, 0.3) is 0 Å². The van der Waals surface area contributed by atoms with Gasteiger partial charge in [-0.25, -0.2) is 18.0 Å². The Morgan fingerprint density at radius 1 is 1.09 bits per heavy atom. The van der Waals surface area contributed by atoms with E-state index in [1.54, 1.807) is 31.2 Å². The molecule has 1 aromatic heterocycles. The molecule has 2 aliphatic carbocycles. The van der Waals surface area contributed by atoms with Gasteiger partial charge >= 0.3 is 11.9 Å². The fourth-order valence-corrected chi connectivity index (χ4v) is 5.48. The van der Waals surface area contributed by atoms with E-state index in [-0.39, 0.29) is 17.2 Å². The minimum atomic E-state index is -3.52. The average Bonchev–Trinajstić information content (AvgIpc) is 3.24. The summed E-state index contributed by atoms with van der Waals surface area (Å²) < 4.78 is 41.3. The number of sulfonamides is 1. The molecular weight excluding hydrogens is 546 g/mol. The van der Waals surface area contributed by atoms with Gasteiger partial charge in [-0.2, -0.15) is 0 Å². The Hall–Kier alpha value is -2.89. The summed E-state index contributed by atoms with van der Waals surface area (Å²) >= 11 is 4.43. The van der Waals surface area contributed by atoms with Crippen molar-refractivity contribution >= 4 is 54.9 Å². The summed E-state index contributed by atoms with van der Waals surface area (Å²) in [5.74, 6) is -1.12. The smallest absolute Gasteiger partial charge is 0.351 e. The van der Waals surface area contributed by atoms with Crippen LogP contribution in [-0.2, 0) is 24.3 Å². The topological polar surface area (TPSA) is 108 Å². The molecule has 1 N–H and O–H groups in total. The van der Waals surface area contributed by atoms with Gasteiger partial charge in [0, 0.05) is 5.56 Å². The van der Waals surface area contributed by atoms with E-state index < -0.39 is 28.6 Å². The van der Waals surface area contributed by atoms with Crippen LogP contribution < -0.4 is 9.46 Å². The summed E-state index contributed by atoms with van der Waals surface area (Å²) in [5.41, 5.74) is 3.71. The lowest BCUT2D eigenvalue weighted by Crippen LogP contribution is -2.15. The van der Waals surface area contributed by atoms with Gasteiger partial charge in [0.15, 0.2) is 17.2 Å². The van der Waals surface area contributed by atoms with Crippen molar-refractivity contribution in [1.29, 1.82) is 0 Å². The Bertz CT molecular complexity index is 1300. The van der Waals surface area contributed by atoms with E-state index in [9.17, 15) is 18.0 Å². The van der Waals surface area contributed by atoms with Gasteiger partial charge in [-0.15, -0.1) is 11.3 Å². The van der Waals surface area contributed by atoms with Gasteiger partial charge in [-0.3, -0.25) is 4.72 Å². The monoisotopic (exact) mass is 567 g/mol. The maximum Gasteiger partial charge on any atom is 0.351 e. The van der Waals surface area contributed by atoms with Gasteiger partial charge in [0.2, 0.25) is 10.0 Å². The highest BCUT2D eigenvalue weighted by Gasteiger charge is 2.26. The van der Waals surface area contributed by atoms with Crippen LogP contribution >= 0.6 is 27.3 Å². The molecule has 2 aromatic rings. The molecule has 0 amide bonds. The number of halogens is 1. The molecule has 1 heterocycles. The molecule has 0 aliphatic heterocycles. The molecule has 0 spiro atoms. The standard InChI is InChI=1S/C17H18BrNO7S2.C6H4/c1-4-25-12(20)9-26-14-13(18)15(27-16(14)17(21)24-2)10-7-5-6-8-11(10)19-28(3,22)23;1-2-5-4-6(5)3-1/h5-8,19H,4,9H2,1-3H3;1-4H. The molecule has 0 bridgehead atoms. The van der Waals surface area contributed by atoms with Crippen LogP contribution in [0.5, 0.6) is 5.75 Å². The number of rotatable bonds is 8. The molecule has 1 aromatic carbocycles. The van der Waals surface area contributed by atoms with Gasteiger partial charge < -0.3 is 14.2 Å². The van der Waals surface area contributed by atoms with E-state index in [2.05, 4.69) is 44.9 Å². The first kappa shape index (κ1) is 25.7. The number of anilines is 1. The second-order valence-electron chi connectivity index (χ2n) is 6.99. The van der Waals surface area contributed by atoms with E-state index >= 15 is 0 Å². The molecular formula is C23H22BrNO7S2. The summed E-state index contributed by atoms with van der Waals surface area (Å²) in [7, 11) is -2.29. The van der Waals surface area contributed by atoms with Gasteiger partial charge in [0.1, 0.15) is 0 Å². The second-order valence-corrected chi connectivity index (χ2v) is 10.6. The van der Waals surface area contributed by atoms with Crippen LogP contribution in [0.15, 0.2) is 53.0 Å². The minimum Gasteiger partial charge on any atom is -0.479 e. The molecule has 0 saturated carbocycles. The molecule has 11 heteroatoms. The number of carbonyl (C=O) groups is 2. The average molecular weight is 568 g/mol. The lowest BCUT2D eigenvalue weighted by atomic mass is 10.1. The molecule has 4 rings (SSSR count).